The van der Waals surface area contributed by atoms with Crippen LogP contribution in [0.4, 0.5) is 0 Å². The Labute approximate surface area is 112 Å². The van der Waals surface area contributed by atoms with Gasteiger partial charge in [-0.05, 0) is 45.5 Å². The van der Waals surface area contributed by atoms with Crippen LogP contribution in [0.15, 0.2) is 0 Å². The first-order chi connectivity index (χ1) is 8.56. The Morgan fingerprint density at radius 1 is 1.50 bits per heavy atom. The van der Waals surface area contributed by atoms with E-state index in [4.69, 9.17) is 0 Å². The number of fused-ring (bicyclic) bond motifs is 1. The maximum Gasteiger partial charge on any atom is 0.244 e. The highest BCUT2D eigenvalue weighted by molar-refractivity contribution is 7.99. The molecule has 3 saturated heterocycles. The van der Waals surface area contributed by atoms with Gasteiger partial charge in [0.15, 0.2) is 5.78 Å². The van der Waals surface area contributed by atoms with Crippen LogP contribution >= 0.6 is 11.8 Å². The number of thioether (sulfide) groups is 1. The van der Waals surface area contributed by atoms with Gasteiger partial charge in [0, 0.05) is 6.42 Å². The van der Waals surface area contributed by atoms with Gasteiger partial charge in [0.1, 0.15) is 5.54 Å². The second-order valence-corrected chi connectivity index (χ2v) is 7.00. The lowest BCUT2D eigenvalue weighted by molar-refractivity contribution is -0.142. The molecule has 3 rings (SSSR count). The van der Waals surface area contributed by atoms with E-state index in [1.165, 1.54) is 0 Å². The predicted octanol–water partition coefficient (Wildman–Crippen LogP) is 1.10. The fraction of sp³-hybridized carbons (Fsp3) is 0.846. The largest absolute Gasteiger partial charge is 0.319 e. The summed E-state index contributed by atoms with van der Waals surface area (Å²) in [5.41, 5.74) is -0.296. The lowest BCUT2D eigenvalue weighted by atomic mass is 9.94. The highest BCUT2D eigenvalue weighted by Gasteiger charge is 2.58. The second kappa shape index (κ2) is 4.23. The summed E-state index contributed by atoms with van der Waals surface area (Å²) in [5.74, 6) is 1.35. The van der Waals surface area contributed by atoms with E-state index >= 15 is 0 Å². The molecule has 1 amide bonds. The molecular formula is C13H20N2O2S. The number of hydrogen-bond donors (Lipinski definition) is 0. The third-order valence-corrected chi connectivity index (χ3v) is 6.03. The Morgan fingerprint density at radius 3 is 2.89 bits per heavy atom. The minimum Gasteiger partial charge on any atom is -0.319 e. The smallest absolute Gasteiger partial charge is 0.244 e. The van der Waals surface area contributed by atoms with E-state index in [0.717, 1.165) is 38.0 Å². The Hall–Kier alpha value is -0.550. The van der Waals surface area contributed by atoms with Crippen LogP contribution in [0.3, 0.4) is 0 Å². The van der Waals surface area contributed by atoms with Gasteiger partial charge in [-0.15, -0.1) is 11.8 Å². The Kier molecular flexibility index (Phi) is 2.94. The van der Waals surface area contributed by atoms with Gasteiger partial charge in [0.05, 0.1) is 11.4 Å². The molecule has 3 atom stereocenters. The van der Waals surface area contributed by atoms with Crippen molar-refractivity contribution in [3.63, 3.8) is 0 Å². The quantitative estimate of drug-likeness (QED) is 0.714. The first-order valence-corrected chi connectivity index (χ1v) is 7.77. The van der Waals surface area contributed by atoms with Gasteiger partial charge in [0.2, 0.25) is 5.91 Å². The van der Waals surface area contributed by atoms with Crippen LogP contribution in [0.2, 0.25) is 0 Å². The molecule has 0 aromatic heterocycles. The van der Waals surface area contributed by atoms with Gasteiger partial charge >= 0.3 is 0 Å². The maximum absolute atomic E-state index is 12.8. The van der Waals surface area contributed by atoms with Crippen molar-refractivity contribution in [1.29, 1.82) is 0 Å². The second-order valence-electron chi connectivity index (χ2n) is 5.71. The van der Waals surface area contributed by atoms with E-state index < -0.39 is 0 Å². The van der Waals surface area contributed by atoms with Crippen LogP contribution in [0.1, 0.15) is 32.6 Å². The van der Waals surface area contributed by atoms with Gasteiger partial charge in [-0.1, -0.05) is 0 Å². The first kappa shape index (κ1) is 12.5. The minimum absolute atomic E-state index is 0.145. The van der Waals surface area contributed by atoms with Gasteiger partial charge in [0.25, 0.3) is 0 Å². The number of likely N-dealkylation sites (tertiary alicyclic amines) is 1. The van der Waals surface area contributed by atoms with Crippen molar-refractivity contribution in [3.05, 3.63) is 0 Å². The summed E-state index contributed by atoms with van der Waals surface area (Å²) in [6.45, 7) is 2.62. The average Bonchev–Trinajstić information content (AvgIpc) is 2.83. The Bertz CT molecular complexity index is 400. The zero-order chi connectivity index (χ0) is 12.9. The molecule has 0 unspecified atom stereocenters. The summed E-state index contributed by atoms with van der Waals surface area (Å²) in [6, 6.07) is -0.169. The highest BCUT2D eigenvalue weighted by atomic mass is 32.2. The number of nitrogens with zero attached hydrogens (tertiary/aromatic N) is 2. The summed E-state index contributed by atoms with van der Waals surface area (Å²) < 4.78 is 0. The van der Waals surface area contributed by atoms with E-state index in [-0.39, 0.29) is 28.6 Å². The molecule has 0 radical (unpaired) electrons. The molecule has 100 valence electrons. The van der Waals surface area contributed by atoms with Crippen LogP contribution in [-0.2, 0) is 9.59 Å². The predicted molar refractivity (Wildman–Crippen MR) is 71.4 cm³/mol. The molecule has 5 heteroatoms. The molecule has 0 bridgehead atoms. The zero-order valence-corrected chi connectivity index (χ0v) is 11.8. The molecule has 3 aliphatic heterocycles. The van der Waals surface area contributed by atoms with Crippen LogP contribution in [0.5, 0.6) is 0 Å². The lowest BCUT2D eigenvalue weighted by Crippen LogP contribution is -2.53. The van der Waals surface area contributed by atoms with E-state index in [9.17, 15) is 9.59 Å². The molecule has 4 nitrogen and oxygen atoms in total. The number of carbonyl (C=O) groups excluding carboxylic acids is 2. The molecule has 0 N–H and O–H groups in total. The summed E-state index contributed by atoms with van der Waals surface area (Å²) in [6.07, 6.45) is 3.78. The van der Waals surface area contributed by atoms with E-state index in [1.807, 2.05) is 16.7 Å². The molecule has 0 aliphatic carbocycles. The van der Waals surface area contributed by atoms with Crippen molar-refractivity contribution in [2.75, 3.05) is 19.3 Å². The number of ketones is 1. The van der Waals surface area contributed by atoms with Crippen molar-refractivity contribution in [2.45, 2.75) is 49.6 Å². The minimum atomic E-state index is -0.296. The zero-order valence-electron chi connectivity index (χ0n) is 11.0. The van der Waals surface area contributed by atoms with Crippen molar-refractivity contribution in [1.82, 2.24) is 9.80 Å². The molecule has 0 saturated carbocycles. The molecule has 3 aliphatic rings. The Balaban J connectivity index is 1.93. The number of hydrogen-bond acceptors (Lipinski definition) is 4. The van der Waals surface area contributed by atoms with E-state index in [0.29, 0.717) is 0 Å². The SMILES string of the molecule is CC(=O)[C@H]1CCS[C@@H]2C[C@]3(CCCN3C)C(=O)N12. The molecule has 3 heterocycles. The summed E-state index contributed by atoms with van der Waals surface area (Å²) >= 11 is 1.85. The summed E-state index contributed by atoms with van der Waals surface area (Å²) in [7, 11) is 2.05. The molecule has 0 aromatic carbocycles. The molecule has 18 heavy (non-hydrogen) atoms. The van der Waals surface area contributed by atoms with Crippen LogP contribution in [-0.4, -0.2) is 57.8 Å². The summed E-state index contributed by atoms with van der Waals surface area (Å²) in [5, 5.41) is 0.223. The van der Waals surface area contributed by atoms with Crippen LogP contribution in [0, 0.1) is 0 Å². The van der Waals surface area contributed by atoms with Crippen molar-refractivity contribution in [2.24, 2.45) is 0 Å². The topological polar surface area (TPSA) is 40.6 Å². The van der Waals surface area contributed by atoms with Crippen LogP contribution in [0.25, 0.3) is 0 Å². The Morgan fingerprint density at radius 2 is 2.28 bits per heavy atom. The standard InChI is InChI=1S/C13H20N2O2S/c1-9(16)10-4-7-18-11-8-13(12(17)15(10)11)5-3-6-14(13)2/h10-11H,3-8H2,1-2H3/t10-,11-,13-/m1/s1. The highest BCUT2D eigenvalue weighted by Crippen LogP contribution is 2.47. The van der Waals surface area contributed by atoms with Crippen molar-refractivity contribution >= 4 is 23.5 Å². The normalized spacial score (nSPS) is 40.6. The van der Waals surface area contributed by atoms with E-state index in [1.54, 1.807) is 6.92 Å². The number of likely N-dealkylation sites (N-methyl/N-ethyl adjacent to an activating group) is 1. The van der Waals surface area contributed by atoms with Crippen molar-refractivity contribution in [3.8, 4) is 0 Å². The monoisotopic (exact) mass is 268 g/mol. The molecule has 3 fully saturated rings. The number of rotatable bonds is 1. The molecule has 1 spiro atoms. The van der Waals surface area contributed by atoms with Gasteiger partial charge in [-0.25, -0.2) is 0 Å². The number of carbonyl (C=O) groups is 2. The van der Waals surface area contributed by atoms with Gasteiger partial charge < -0.3 is 4.90 Å². The third-order valence-electron chi connectivity index (χ3n) is 4.78. The van der Waals surface area contributed by atoms with E-state index in [2.05, 4.69) is 11.9 Å². The molecular weight excluding hydrogens is 248 g/mol. The summed E-state index contributed by atoms with van der Waals surface area (Å²) in [4.78, 5) is 28.7. The lowest BCUT2D eigenvalue weighted by Gasteiger charge is -2.36. The first-order valence-electron chi connectivity index (χ1n) is 6.72. The third kappa shape index (κ3) is 1.56. The average molecular weight is 268 g/mol. The fourth-order valence-electron chi connectivity index (χ4n) is 3.72. The maximum atomic E-state index is 12.8. The number of Topliss-reactive ketones (excluding diaryl/α,β-unsaturated/α-hetero) is 1. The van der Waals surface area contributed by atoms with Gasteiger partial charge in [-0.2, -0.15) is 0 Å². The van der Waals surface area contributed by atoms with Crippen LogP contribution < -0.4 is 0 Å². The van der Waals surface area contributed by atoms with Crippen molar-refractivity contribution < 1.29 is 9.59 Å². The van der Waals surface area contributed by atoms with Gasteiger partial charge in [-0.3, -0.25) is 14.5 Å². The fourth-order valence-corrected chi connectivity index (χ4v) is 5.15. The molecule has 0 aromatic rings. The number of amides is 1.